The Morgan fingerprint density at radius 1 is 1.22 bits per heavy atom. The van der Waals surface area contributed by atoms with Gasteiger partial charge in [-0.15, -0.1) is 0 Å². The van der Waals surface area contributed by atoms with Crippen LogP contribution in [-0.2, 0) is 6.54 Å². The molecule has 0 aliphatic heterocycles. The molecule has 0 atom stereocenters. The lowest BCUT2D eigenvalue weighted by molar-refractivity contribution is 0.604. The number of nitrogens with two attached hydrogens (primary N) is 1. The van der Waals surface area contributed by atoms with E-state index in [9.17, 15) is 9.59 Å². The second-order valence-corrected chi connectivity index (χ2v) is 6.83. The molecule has 0 radical (unpaired) electrons. The summed E-state index contributed by atoms with van der Waals surface area (Å²) in [6, 6.07) is 7.78. The maximum Gasteiger partial charge on any atom is 0.330 e. The number of thiocarbonyl (C=S) groups is 1. The van der Waals surface area contributed by atoms with Gasteiger partial charge in [0.2, 0.25) is 0 Å². The summed E-state index contributed by atoms with van der Waals surface area (Å²) in [4.78, 5) is 28.7. The second-order valence-electron chi connectivity index (χ2n) is 6.45. The van der Waals surface area contributed by atoms with Crippen molar-refractivity contribution in [2.45, 2.75) is 46.6 Å². The number of rotatable bonds is 7. The average molecular weight is 390 g/mol. The third kappa shape index (κ3) is 4.97. The zero-order valence-electron chi connectivity index (χ0n) is 16.0. The maximum atomic E-state index is 12.5. The van der Waals surface area contributed by atoms with Crippen LogP contribution in [0.3, 0.4) is 0 Å². The molecule has 0 saturated carbocycles. The van der Waals surface area contributed by atoms with Gasteiger partial charge in [-0.2, -0.15) is 0 Å². The number of nitrogens with one attached hydrogen (secondary N) is 2. The summed E-state index contributed by atoms with van der Waals surface area (Å²) in [5.74, 6) is 0.138. The summed E-state index contributed by atoms with van der Waals surface area (Å²) in [5.41, 5.74) is 7.36. The van der Waals surface area contributed by atoms with Crippen molar-refractivity contribution in [2.24, 2.45) is 0 Å². The Bertz CT molecular complexity index is 902. The monoisotopic (exact) mass is 389 g/mol. The van der Waals surface area contributed by atoms with E-state index in [0.717, 1.165) is 30.5 Å². The zero-order chi connectivity index (χ0) is 20.0. The molecule has 2 rings (SSSR count). The Labute approximate surface area is 164 Å². The van der Waals surface area contributed by atoms with Crippen LogP contribution in [0.4, 0.5) is 17.2 Å². The van der Waals surface area contributed by atoms with E-state index in [1.807, 2.05) is 45.0 Å². The fraction of sp³-hybridized carbons (Fsp3) is 0.421. The molecule has 0 amide bonds. The largest absolute Gasteiger partial charge is 0.383 e. The summed E-state index contributed by atoms with van der Waals surface area (Å²) in [6.45, 7) is 6.96. The van der Waals surface area contributed by atoms with Crippen molar-refractivity contribution < 1.29 is 0 Å². The van der Waals surface area contributed by atoms with Crippen LogP contribution in [0.25, 0.3) is 0 Å². The van der Waals surface area contributed by atoms with Crippen LogP contribution in [0, 0.1) is 6.92 Å². The van der Waals surface area contributed by atoms with E-state index in [-0.39, 0.29) is 11.5 Å². The zero-order valence-corrected chi connectivity index (χ0v) is 16.9. The topological polar surface area (TPSA) is 96.2 Å². The third-order valence-corrected chi connectivity index (χ3v) is 4.54. The minimum Gasteiger partial charge on any atom is -0.383 e. The van der Waals surface area contributed by atoms with Crippen LogP contribution in [0.2, 0.25) is 0 Å². The first-order valence-electron chi connectivity index (χ1n) is 9.16. The molecular weight excluding hydrogens is 362 g/mol. The molecule has 1 aromatic heterocycles. The predicted molar refractivity (Wildman–Crippen MR) is 116 cm³/mol. The Balaban J connectivity index is 2.42. The van der Waals surface area contributed by atoms with E-state index in [0.29, 0.717) is 18.2 Å². The lowest BCUT2D eigenvalue weighted by Gasteiger charge is -2.26. The Hall–Kier alpha value is -2.61. The number of nitrogens with zero attached hydrogens (tertiary/aromatic N) is 2. The van der Waals surface area contributed by atoms with Crippen molar-refractivity contribution in [1.82, 2.24) is 9.55 Å². The van der Waals surface area contributed by atoms with Crippen LogP contribution < -0.4 is 27.2 Å². The molecule has 0 saturated heterocycles. The summed E-state index contributed by atoms with van der Waals surface area (Å²) < 4.78 is 1.40. The van der Waals surface area contributed by atoms with Crippen molar-refractivity contribution in [2.75, 3.05) is 22.5 Å². The summed E-state index contributed by atoms with van der Waals surface area (Å²) in [7, 11) is 0. The summed E-state index contributed by atoms with van der Waals surface area (Å²) in [6.07, 6.45) is 2.45. The average Bonchev–Trinajstić information content (AvgIpc) is 2.62. The third-order valence-electron chi connectivity index (χ3n) is 4.21. The van der Waals surface area contributed by atoms with E-state index in [1.54, 1.807) is 4.90 Å². The molecule has 0 fully saturated rings. The van der Waals surface area contributed by atoms with Crippen LogP contribution >= 0.6 is 12.2 Å². The van der Waals surface area contributed by atoms with Crippen molar-refractivity contribution in [3.63, 3.8) is 0 Å². The maximum absolute atomic E-state index is 12.5. The molecular formula is C19H27N5O2S. The molecule has 0 bridgehead atoms. The van der Waals surface area contributed by atoms with Crippen molar-refractivity contribution in [3.8, 4) is 0 Å². The first-order chi connectivity index (χ1) is 12.9. The van der Waals surface area contributed by atoms with E-state index < -0.39 is 11.2 Å². The SMILES string of the molecule is CCCCn1c(N)c(N(CCC)C(=S)Nc2ccc(C)cc2)c(=O)[nH]c1=O. The van der Waals surface area contributed by atoms with Gasteiger partial charge < -0.3 is 16.0 Å². The van der Waals surface area contributed by atoms with Gasteiger partial charge in [-0.3, -0.25) is 14.3 Å². The molecule has 146 valence electrons. The second kappa shape index (κ2) is 9.36. The fourth-order valence-electron chi connectivity index (χ4n) is 2.74. The van der Waals surface area contributed by atoms with Gasteiger partial charge in [0.05, 0.1) is 0 Å². The molecule has 8 heteroatoms. The number of nitrogen functional groups attached to an aromatic ring is 1. The van der Waals surface area contributed by atoms with Crippen LogP contribution in [0.1, 0.15) is 38.7 Å². The van der Waals surface area contributed by atoms with Gasteiger partial charge in [-0.1, -0.05) is 38.0 Å². The molecule has 0 aliphatic rings. The first kappa shape index (κ1) is 20.7. The Morgan fingerprint density at radius 2 is 1.89 bits per heavy atom. The van der Waals surface area contributed by atoms with Crippen molar-refractivity contribution in [1.29, 1.82) is 0 Å². The minimum absolute atomic E-state index is 0.138. The Morgan fingerprint density at radius 3 is 2.48 bits per heavy atom. The smallest absolute Gasteiger partial charge is 0.330 e. The number of hydrogen-bond acceptors (Lipinski definition) is 4. The standard InChI is InChI=1S/C19H27N5O2S/c1-4-6-12-24-16(20)15(17(25)22-18(24)26)23(11-5-2)19(27)21-14-9-7-13(3)8-10-14/h7-10H,4-6,11-12,20H2,1-3H3,(H,21,27)(H,22,25,26). The molecule has 4 N–H and O–H groups in total. The number of H-pyrrole nitrogens is 1. The lowest BCUT2D eigenvalue weighted by atomic mass is 10.2. The van der Waals surface area contributed by atoms with Crippen LogP contribution in [-0.4, -0.2) is 21.2 Å². The lowest BCUT2D eigenvalue weighted by Crippen LogP contribution is -2.43. The highest BCUT2D eigenvalue weighted by molar-refractivity contribution is 7.80. The Kier molecular flexibility index (Phi) is 7.18. The molecule has 0 aliphatic carbocycles. The minimum atomic E-state index is -0.535. The van der Waals surface area contributed by atoms with Gasteiger partial charge in [0.25, 0.3) is 5.56 Å². The van der Waals surface area contributed by atoms with Gasteiger partial charge >= 0.3 is 5.69 Å². The van der Waals surface area contributed by atoms with Crippen molar-refractivity contribution >= 4 is 34.5 Å². The molecule has 0 spiro atoms. The van der Waals surface area contributed by atoms with E-state index >= 15 is 0 Å². The van der Waals surface area contributed by atoms with E-state index in [1.165, 1.54) is 4.57 Å². The highest BCUT2D eigenvalue weighted by Crippen LogP contribution is 2.19. The van der Waals surface area contributed by atoms with Crippen LogP contribution in [0.5, 0.6) is 0 Å². The first-order valence-corrected chi connectivity index (χ1v) is 9.57. The normalized spacial score (nSPS) is 10.6. The van der Waals surface area contributed by atoms with E-state index in [4.69, 9.17) is 18.0 Å². The number of aryl methyl sites for hydroxylation is 1. The van der Waals surface area contributed by atoms with Gasteiger partial charge in [0.1, 0.15) is 5.82 Å². The van der Waals surface area contributed by atoms with Gasteiger partial charge in [0.15, 0.2) is 10.8 Å². The molecule has 2 aromatic rings. The quantitative estimate of drug-likeness (QED) is 0.630. The predicted octanol–water partition coefficient (Wildman–Crippen LogP) is 2.84. The number of hydrogen-bond donors (Lipinski definition) is 3. The number of aromatic nitrogens is 2. The molecule has 0 unspecified atom stereocenters. The highest BCUT2D eigenvalue weighted by atomic mass is 32.1. The van der Waals surface area contributed by atoms with Crippen molar-refractivity contribution in [3.05, 3.63) is 50.7 Å². The van der Waals surface area contributed by atoms with Crippen LogP contribution in [0.15, 0.2) is 33.9 Å². The number of unbranched alkanes of at least 4 members (excludes halogenated alkanes) is 1. The molecule has 27 heavy (non-hydrogen) atoms. The fourth-order valence-corrected chi connectivity index (χ4v) is 3.04. The van der Waals surface area contributed by atoms with E-state index in [2.05, 4.69) is 10.3 Å². The summed E-state index contributed by atoms with van der Waals surface area (Å²) in [5, 5.41) is 3.51. The van der Waals surface area contributed by atoms with Gasteiger partial charge in [-0.05, 0) is 44.1 Å². The molecule has 7 nitrogen and oxygen atoms in total. The number of aromatic amines is 1. The highest BCUT2D eigenvalue weighted by Gasteiger charge is 2.21. The van der Waals surface area contributed by atoms with Gasteiger partial charge in [-0.25, -0.2) is 4.79 Å². The summed E-state index contributed by atoms with van der Waals surface area (Å²) >= 11 is 5.54. The number of benzene rings is 1. The molecule has 1 heterocycles. The molecule has 1 aromatic carbocycles. The van der Waals surface area contributed by atoms with Gasteiger partial charge in [0, 0.05) is 18.8 Å². The number of anilines is 3.